The summed E-state index contributed by atoms with van der Waals surface area (Å²) in [6.07, 6.45) is 1.62. The van der Waals surface area contributed by atoms with E-state index in [0.29, 0.717) is 20.8 Å². The molecule has 1 N–H and O–H groups in total. The van der Waals surface area contributed by atoms with E-state index in [1.54, 1.807) is 16.7 Å². The lowest BCUT2D eigenvalue weighted by Gasteiger charge is -2.07. The Morgan fingerprint density at radius 3 is 2.54 bits per heavy atom. The molecule has 0 aliphatic carbocycles. The number of methoxy groups -OCH3 is 2. The van der Waals surface area contributed by atoms with Crippen LogP contribution in [0.2, 0.25) is 10.0 Å². The first-order valence-corrected chi connectivity index (χ1v) is 8.84. The highest BCUT2D eigenvalue weighted by molar-refractivity contribution is 7.99. The lowest BCUT2D eigenvalue weighted by molar-refractivity contribution is -0.113. The van der Waals surface area contributed by atoms with E-state index in [2.05, 4.69) is 25.5 Å². The number of hydrogen-bond acceptors (Lipinski definition) is 8. The Bertz CT molecular complexity index is 945. The third-order valence-electron chi connectivity index (χ3n) is 3.08. The molecule has 3 aromatic heterocycles. The van der Waals surface area contributed by atoms with Crippen molar-refractivity contribution in [2.45, 2.75) is 5.16 Å². The molecule has 1 amide bonds. The van der Waals surface area contributed by atoms with Crippen molar-refractivity contribution in [3.05, 3.63) is 28.4 Å². The lowest BCUT2D eigenvalue weighted by atomic mass is 10.5. The number of hydrogen-bond donors (Lipinski definition) is 1. The number of ether oxygens (including phenoxy) is 2. The number of pyridine rings is 1. The molecule has 0 aliphatic heterocycles. The second-order valence-electron chi connectivity index (χ2n) is 4.80. The maximum Gasteiger partial charge on any atom is 0.237 e. The number of carbonyl (C=O) groups excluding carboxylic acids is 1. The van der Waals surface area contributed by atoms with Crippen LogP contribution >= 0.6 is 35.0 Å². The summed E-state index contributed by atoms with van der Waals surface area (Å²) in [5.41, 5.74) is 0.458. The van der Waals surface area contributed by atoms with Gasteiger partial charge >= 0.3 is 0 Å². The highest BCUT2D eigenvalue weighted by atomic mass is 35.5. The van der Waals surface area contributed by atoms with E-state index in [0.717, 1.165) is 11.8 Å². The number of thioether (sulfide) groups is 1. The van der Waals surface area contributed by atoms with Gasteiger partial charge < -0.3 is 9.47 Å². The van der Waals surface area contributed by atoms with Gasteiger partial charge in [-0.25, -0.2) is 0 Å². The zero-order valence-corrected chi connectivity index (χ0v) is 15.9. The minimum atomic E-state index is -0.338. The molecule has 136 valence electrons. The number of aromatic nitrogens is 5. The molecule has 0 unspecified atom stereocenters. The van der Waals surface area contributed by atoms with Crippen molar-refractivity contribution in [1.82, 2.24) is 24.6 Å². The maximum absolute atomic E-state index is 12.2. The largest absolute Gasteiger partial charge is 0.481 e. The van der Waals surface area contributed by atoms with Crippen molar-refractivity contribution in [3.8, 4) is 11.8 Å². The van der Waals surface area contributed by atoms with Gasteiger partial charge in [0.1, 0.15) is 0 Å². The van der Waals surface area contributed by atoms with Crippen LogP contribution in [0.15, 0.2) is 23.5 Å². The molecule has 0 radical (unpaired) electrons. The van der Waals surface area contributed by atoms with Gasteiger partial charge in [-0.3, -0.25) is 14.5 Å². The van der Waals surface area contributed by atoms with Crippen LogP contribution in [0.4, 0.5) is 5.95 Å². The van der Waals surface area contributed by atoms with Crippen LogP contribution < -0.4 is 14.8 Å². The van der Waals surface area contributed by atoms with Crippen molar-refractivity contribution >= 4 is 52.5 Å². The van der Waals surface area contributed by atoms with E-state index in [-0.39, 0.29) is 29.4 Å². The van der Waals surface area contributed by atoms with Crippen molar-refractivity contribution in [3.63, 3.8) is 0 Å². The van der Waals surface area contributed by atoms with E-state index < -0.39 is 0 Å². The van der Waals surface area contributed by atoms with E-state index in [1.807, 2.05) is 0 Å². The molecule has 0 saturated carbocycles. The molecule has 3 rings (SSSR count). The van der Waals surface area contributed by atoms with Crippen molar-refractivity contribution in [1.29, 1.82) is 0 Å². The van der Waals surface area contributed by atoms with Crippen molar-refractivity contribution in [2.75, 3.05) is 25.3 Å². The van der Waals surface area contributed by atoms with Crippen LogP contribution in [0, 0.1) is 0 Å². The fourth-order valence-electron chi connectivity index (χ4n) is 1.96. The highest BCUT2D eigenvalue weighted by Crippen LogP contribution is 2.25. The second kappa shape index (κ2) is 7.94. The monoisotopic (exact) mass is 414 g/mol. The summed E-state index contributed by atoms with van der Waals surface area (Å²) < 4.78 is 11.7. The average Bonchev–Trinajstić information content (AvgIpc) is 3.02. The van der Waals surface area contributed by atoms with Gasteiger partial charge in [-0.05, 0) is 6.07 Å². The second-order valence-corrected chi connectivity index (χ2v) is 6.58. The summed E-state index contributed by atoms with van der Waals surface area (Å²) in [7, 11) is 2.91. The fourth-order valence-corrected chi connectivity index (χ4v) is 3.18. The average molecular weight is 415 g/mol. The Balaban J connectivity index is 1.70. The first-order chi connectivity index (χ1) is 12.5. The summed E-state index contributed by atoms with van der Waals surface area (Å²) in [6.45, 7) is 0. The van der Waals surface area contributed by atoms with Crippen LogP contribution in [0.1, 0.15) is 0 Å². The number of carbonyl (C=O) groups is 1. The van der Waals surface area contributed by atoms with Gasteiger partial charge in [0.15, 0.2) is 10.8 Å². The smallest absolute Gasteiger partial charge is 0.237 e. The van der Waals surface area contributed by atoms with Crippen LogP contribution in [0.3, 0.4) is 0 Å². The molecule has 0 spiro atoms. The number of anilines is 1. The number of halogens is 2. The molecular formula is C14H12Cl2N6O3S. The molecule has 12 heteroatoms. The SMILES string of the molecule is COc1cc(OC)nc(NC(=O)CSc2nnc3c(Cl)cc(Cl)cn23)n1. The summed E-state index contributed by atoms with van der Waals surface area (Å²) >= 11 is 13.2. The highest BCUT2D eigenvalue weighted by Gasteiger charge is 2.14. The van der Waals surface area contributed by atoms with E-state index in [9.17, 15) is 4.79 Å². The van der Waals surface area contributed by atoms with Gasteiger partial charge in [0, 0.05) is 6.20 Å². The van der Waals surface area contributed by atoms with Gasteiger partial charge in [-0.2, -0.15) is 9.97 Å². The molecule has 3 aromatic rings. The molecule has 26 heavy (non-hydrogen) atoms. The third-order valence-corrected chi connectivity index (χ3v) is 4.50. The minimum absolute atomic E-state index is 0.0494. The topological polar surface area (TPSA) is 104 Å². The summed E-state index contributed by atoms with van der Waals surface area (Å²) in [5.74, 6) is 0.326. The molecule has 3 heterocycles. The summed E-state index contributed by atoms with van der Waals surface area (Å²) in [4.78, 5) is 20.2. The van der Waals surface area contributed by atoms with Gasteiger partial charge in [0.2, 0.25) is 23.6 Å². The number of amides is 1. The number of rotatable bonds is 6. The zero-order valence-electron chi connectivity index (χ0n) is 13.6. The molecule has 0 fully saturated rings. The Labute approximate surface area is 162 Å². The summed E-state index contributed by atoms with van der Waals surface area (Å²) in [6, 6.07) is 3.07. The van der Waals surface area contributed by atoms with E-state index in [4.69, 9.17) is 32.7 Å². The van der Waals surface area contributed by atoms with Crippen LogP contribution in [-0.4, -0.2) is 50.4 Å². The quantitative estimate of drug-likeness (QED) is 0.613. The van der Waals surface area contributed by atoms with E-state index >= 15 is 0 Å². The van der Waals surface area contributed by atoms with Crippen LogP contribution in [0.5, 0.6) is 11.8 Å². The molecule has 0 saturated heterocycles. The Hall–Kier alpha value is -2.30. The predicted octanol–water partition coefficient (Wildman–Crippen LogP) is 2.57. The number of fused-ring (bicyclic) bond motifs is 1. The van der Waals surface area contributed by atoms with Crippen LogP contribution in [-0.2, 0) is 4.79 Å². The van der Waals surface area contributed by atoms with Crippen molar-refractivity contribution in [2.24, 2.45) is 0 Å². The first kappa shape index (κ1) is 18.5. The molecule has 0 atom stereocenters. The zero-order chi connectivity index (χ0) is 18.7. The summed E-state index contributed by atoms with van der Waals surface area (Å²) in [5, 5.41) is 11.8. The number of nitrogens with one attached hydrogen (secondary N) is 1. The molecule has 0 bridgehead atoms. The standard InChI is InChI=1S/C14H12Cl2N6O3S/c1-24-10-4-11(25-2)19-13(18-10)17-9(23)6-26-14-21-20-12-8(16)3-7(15)5-22(12)14/h3-5H,6H2,1-2H3,(H,17,18,19,23). The molecule has 0 aromatic carbocycles. The molecular weight excluding hydrogens is 403 g/mol. The van der Waals surface area contributed by atoms with Crippen LogP contribution in [0.25, 0.3) is 5.65 Å². The number of nitrogens with zero attached hydrogens (tertiary/aromatic N) is 5. The Morgan fingerprint density at radius 1 is 1.19 bits per heavy atom. The lowest BCUT2D eigenvalue weighted by Crippen LogP contribution is -2.16. The Morgan fingerprint density at radius 2 is 1.88 bits per heavy atom. The van der Waals surface area contributed by atoms with Gasteiger partial charge in [0.25, 0.3) is 0 Å². The minimum Gasteiger partial charge on any atom is -0.481 e. The van der Waals surface area contributed by atoms with Gasteiger partial charge in [0.05, 0.1) is 36.1 Å². The molecule has 0 aliphatic rings. The van der Waals surface area contributed by atoms with Gasteiger partial charge in [-0.1, -0.05) is 35.0 Å². The third kappa shape index (κ3) is 4.09. The normalized spacial score (nSPS) is 10.8. The predicted molar refractivity (Wildman–Crippen MR) is 97.5 cm³/mol. The Kier molecular flexibility index (Phi) is 5.64. The van der Waals surface area contributed by atoms with E-state index in [1.165, 1.54) is 20.3 Å². The van der Waals surface area contributed by atoms with Crippen molar-refractivity contribution < 1.29 is 14.3 Å². The molecule has 9 nitrogen and oxygen atoms in total. The fraction of sp³-hybridized carbons (Fsp3) is 0.214. The van der Waals surface area contributed by atoms with Gasteiger partial charge in [-0.15, -0.1) is 10.2 Å². The maximum atomic E-state index is 12.2. The first-order valence-electron chi connectivity index (χ1n) is 7.09.